The Balaban J connectivity index is 1.67. The summed E-state index contributed by atoms with van der Waals surface area (Å²) in [6, 6.07) is 7.99. The molecule has 136 valence electrons. The second-order valence-corrected chi connectivity index (χ2v) is 7.34. The summed E-state index contributed by atoms with van der Waals surface area (Å²) >= 11 is 0. The molecule has 2 atom stereocenters. The monoisotopic (exact) mass is 344 g/mol. The van der Waals surface area contributed by atoms with Crippen LogP contribution in [0, 0.1) is 5.92 Å². The largest absolute Gasteiger partial charge is 0.371 e. The van der Waals surface area contributed by atoms with Gasteiger partial charge in [-0.1, -0.05) is 0 Å². The highest BCUT2D eigenvalue weighted by atomic mass is 16.2. The van der Waals surface area contributed by atoms with Crippen LogP contribution < -0.4 is 10.6 Å². The number of carbonyl (C=O) groups excluding carboxylic acids is 2. The van der Waals surface area contributed by atoms with E-state index in [0.29, 0.717) is 6.54 Å². The molecule has 0 bridgehead atoms. The first-order chi connectivity index (χ1) is 12.0. The van der Waals surface area contributed by atoms with Gasteiger partial charge in [-0.15, -0.1) is 0 Å². The van der Waals surface area contributed by atoms with Crippen LogP contribution in [0.1, 0.15) is 30.1 Å². The molecule has 2 aliphatic rings. The van der Waals surface area contributed by atoms with Gasteiger partial charge in [-0.2, -0.15) is 0 Å². The van der Waals surface area contributed by atoms with Gasteiger partial charge in [0, 0.05) is 50.0 Å². The number of primary amides is 1. The van der Waals surface area contributed by atoms with Gasteiger partial charge in [0.05, 0.1) is 5.92 Å². The van der Waals surface area contributed by atoms with E-state index in [2.05, 4.69) is 23.8 Å². The molecule has 2 aliphatic heterocycles. The molecule has 2 fully saturated rings. The van der Waals surface area contributed by atoms with E-state index < -0.39 is 0 Å². The first-order valence-electron chi connectivity index (χ1n) is 9.09. The maximum absolute atomic E-state index is 12.8. The van der Waals surface area contributed by atoms with E-state index in [0.717, 1.165) is 50.3 Å². The molecule has 1 aromatic rings. The number of hydrogen-bond donors (Lipinski definition) is 1. The number of nitrogens with zero attached hydrogens (tertiary/aromatic N) is 3. The Morgan fingerprint density at radius 2 is 1.80 bits per heavy atom. The third-order valence-electron chi connectivity index (χ3n) is 5.39. The topological polar surface area (TPSA) is 69.9 Å². The Labute approximate surface area is 149 Å². The van der Waals surface area contributed by atoms with Crippen LogP contribution in [-0.2, 0) is 4.79 Å². The predicted molar refractivity (Wildman–Crippen MR) is 98.6 cm³/mol. The van der Waals surface area contributed by atoms with Crippen LogP contribution in [0.5, 0.6) is 0 Å². The molecule has 2 amide bonds. The van der Waals surface area contributed by atoms with Gasteiger partial charge in [-0.3, -0.25) is 9.59 Å². The van der Waals surface area contributed by atoms with Crippen molar-refractivity contribution in [2.45, 2.75) is 25.8 Å². The molecular weight excluding hydrogens is 316 g/mol. The van der Waals surface area contributed by atoms with Crippen LogP contribution in [0.2, 0.25) is 0 Å². The van der Waals surface area contributed by atoms with Crippen molar-refractivity contribution < 1.29 is 9.59 Å². The molecule has 2 N–H and O–H groups in total. The van der Waals surface area contributed by atoms with Crippen LogP contribution in [0.4, 0.5) is 5.69 Å². The summed E-state index contributed by atoms with van der Waals surface area (Å²) in [6.45, 7) is 6.28. The van der Waals surface area contributed by atoms with E-state index in [1.165, 1.54) is 0 Å². The van der Waals surface area contributed by atoms with Gasteiger partial charge in [0.1, 0.15) is 0 Å². The van der Waals surface area contributed by atoms with E-state index in [-0.39, 0.29) is 23.8 Å². The van der Waals surface area contributed by atoms with Crippen LogP contribution >= 0.6 is 0 Å². The molecule has 0 aromatic heterocycles. The van der Waals surface area contributed by atoms with Crippen molar-refractivity contribution in [2.75, 3.05) is 44.7 Å². The van der Waals surface area contributed by atoms with E-state index >= 15 is 0 Å². The van der Waals surface area contributed by atoms with Gasteiger partial charge in [0.25, 0.3) is 5.91 Å². The van der Waals surface area contributed by atoms with E-state index in [1.807, 2.05) is 29.2 Å². The maximum Gasteiger partial charge on any atom is 0.254 e. The highest BCUT2D eigenvalue weighted by Crippen LogP contribution is 2.24. The minimum Gasteiger partial charge on any atom is -0.371 e. The van der Waals surface area contributed by atoms with Crippen molar-refractivity contribution >= 4 is 17.5 Å². The molecular formula is C19H28N4O2. The number of piperazine rings is 1. The molecule has 6 heteroatoms. The van der Waals surface area contributed by atoms with Gasteiger partial charge in [0.2, 0.25) is 5.91 Å². The van der Waals surface area contributed by atoms with Crippen molar-refractivity contribution in [1.29, 1.82) is 0 Å². The summed E-state index contributed by atoms with van der Waals surface area (Å²) in [7, 11) is 2.09. The fourth-order valence-corrected chi connectivity index (χ4v) is 3.87. The number of amides is 2. The molecule has 2 saturated heterocycles. The van der Waals surface area contributed by atoms with Gasteiger partial charge in [-0.25, -0.2) is 0 Å². The number of rotatable bonds is 3. The summed E-state index contributed by atoms with van der Waals surface area (Å²) in [6.07, 6.45) is 1.83. The Kier molecular flexibility index (Phi) is 5.27. The number of anilines is 1. The van der Waals surface area contributed by atoms with Crippen molar-refractivity contribution in [1.82, 2.24) is 9.80 Å². The first-order valence-corrected chi connectivity index (χ1v) is 9.09. The molecule has 1 aromatic carbocycles. The molecule has 3 rings (SSSR count). The van der Waals surface area contributed by atoms with E-state index in [4.69, 9.17) is 5.73 Å². The van der Waals surface area contributed by atoms with Crippen LogP contribution in [-0.4, -0.2) is 67.4 Å². The van der Waals surface area contributed by atoms with Crippen LogP contribution in [0.15, 0.2) is 24.3 Å². The molecule has 25 heavy (non-hydrogen) atoms. The Morgan fingerprint density at radius 3 is 2.44 bits per heavy atom. The van der Waals surface area contributed by atoms with Crippen LogP contribution in [0.3, 0.4) is 0 Å². The van der Waals surface area contributed by atoms with Gasteiger partial charge < -0.3 is 20.4 Å². The number of piperidine rings is 1. The number of nitrogens with two attached hydrogens (primary N) is 1. The lowest BCUT2D eigenvalue weighted by molar-refractivity contribution is -0.122. The zero-order chi connectivity index (χ0) is 18.0. The summed E-state index contributed by atoms with van der Waals surface area (Å²) in [4.78, 5) is 30.6. The van der Waals surface area contributed by atoms with Crippen molar-refractivity contribution in [3.05, 3.63) is 29.8 Å². The Bertz CT molecular complexity index is 631. The molecule has 0 saturated carbocycles. The minimum absolute atomic E-state index is 0.0822. The highest BCUT2D eigenvalue weighted by molar-refractivity contribution is 5.95. The SMILES string of the molecule is C[C@H]1CN(C)CCN1C(=O)c1ccc(N2CCC[C@H](C(N)=O)C2)cc1. The fraction of sp³-hybridized carbons (Fsp3) is 0.579. The maximum atomic E-state index is 12.8. The average Bonchev–Trinajstić information content (AvgIpc) is 2.61. The normalized spacial score (nSPS) is 25.0. The molecule has 6 nitrogen and oxygen atoms in total. The van der Waals surface area contributed by atoms with Crippen molar-refractivity contribution in [3.8, 4) is 0 Å². The van der Waals surface area contributed by atoms with Gasteiger partial charge >= 0.3 is 0 Å². The van der Waals surface area contributed by atoms with Crippen molar-refractivity contribution in [2.24, 2.45) is 11.7 Å². The first kappa shape index (κ1) is 17.7. The number of benzene rings is 1. The summed E-state index contributed by atoms with van der Waals surface area (Å²) in [5.74, 6) is -0.206. The lowest BCUT2D eigenvalue weighted by atomic mass is 9.97. The highest BCUT2D eigenvalue weighted by Gasteiger charge is 2.27. The number of carbonyl (C=O) groups is 2. The summed E-state index contributed by atoms with van der Waals surface area (Å²) in [5.41, 5.74) is 7.23. The van der Waals surface area contributed by atoms with E-state index in [9.17, 15) is 9.59 Å². The zero-order valence-corrected chi connectivity index (χ0v) is 15.1. The predicted octanol–water partition coefficient (Wildman–Crippen LogP) is 1.16. The average molecular weight is 344 g/mol. The quantitative estimate of drug-likeness (QED) is 0.893. The summed E-state index contributed by atoms with van der Waals surface area (Å²) in [5, 5.41) is 0. The van der Waals surface area contributed by atoms with E-state index in [1.54, 1.807) is 0 Å². The number of likely N-dealkylation sites (N-methyl/N-ethyl adjacent to an activating group) is 1. The lowest BCUT2D eigenvalue weighted by Gasteiger charge is -2.38. The second-order valence-electron chi connectivity index (χ2n) is 7.34. The zero-order valence-electron chi connectivity index (χ0n) is 15.1. The van der Waals surface area contributed by atoms with Crippen LogP contribution in [0.25, 0.3) is 0 Å². The molecule has 0 unspecified atom stereocenters. The van der Waals surface area contributed by atoms with Crippen molar-refractivity contribution in [3.63, 3.8) is 0 Å². The smallest absolute Gasteiger partial charge is 0.254 e. The molecule has 0 spiro atoms. The van der Waals surface area contributed by atoms with Gasteiger partial charge in [-0.05, 0) is 51.1 Å². The molecule has 0 aliphatic carbocycles. The Morgan fingerprint density at radius 1 is 1.08 bits per heavy atom. The lowest BCUT2D eigenvalue weighted by Crippen LogP contribution is -2.52. The second kappa shape index (κ2) is 7.44. The Hall–Kier alpha value is -2.08. The summed E-state index contributed by atoms with van der Waals surface area (Å²) < 4.78 is 0. The number of hydrogen-bond acceptors (Lipinski definition) is 4. The third kappa shape index (κ3) is 3.95. The molecule has 0 radical (unpaired) electrons. The fourth-order valence-electron chi connectivity index (χ4n) is 3.87. The third-order valence-corrected chi connectivity index (χ3v) is 5.39. The van der Waals surface area contributed by atoms with Gasteiger partial charge in [0.15, 0.2) is 0 Å². The minimum atomic E-state index is -0.222. The standard InChI is InChI=1S/C19H28N4O2/c1-14-12-21(2)10-11-23(14)19(25)15-5-7-17(8-6-15)22-9-3-4-16(13-22)18(20)24/h5-8,14,16H,3-4,9-13H2,1-2H3,(H2,20,24)/t14-,16-/m0/s1. The molecule has 2 heterocycles.